The lowest BCUT2D eigenvalue weighted by molar-refractivity contribution is -0.119. The number of ketones is 1. The molecule has 6 heteroatoms. The van der Waals surface area contributed by atoms with Crippen molar-refractivity contribution in [1.82, 2.24) is 0 Å². The van der Waals surface area contributed by atoms with Crippen LogP contribution in [0.5, 0.6) is 0 Å². The molecular weight excluding hydrogens is 310 g/mol. The molecule has 0 fully saturated rings. The number of thioether (sulfide) groups is 1. The minimum absolute atomic E-state index is 0.0990. The van der Waals surface area contributed by atoms with Crippen molar-refractivity contribution in [2.45, 2.75) is 40.5 Å². The first kappa shape index (κ1) is 17.7. The maximum atomic E-state index is 12.7. The number of nitrogens with zero attached hydrogens (tertiary/aromatic N) is 2. The van der Waals surface area contributed by atoms with Crippen molar-refractivity contribution in [3.8, 4) is 6.07 Å². The molecule has 5 nitrogen and oxygen atoms in total. The predicted octanol–water partition coefficient (Wildman–Crippen LogP) is 2.67. The summed E-state index contributed by atoms with van der Waals surface area (Å²) in [7, 11) is 0. The summed E-state index contributed by atoms with van der Waals surface area (Å²) in [5.74, 6) is -0.723. The van der Waals surface area contributed by atoms with Crippen molar-refractivity contribution in [3.05, 3.63) is 11.3 Å². The minimum atomic E-state index is -0.483. The van der Waals surface area contributed by atoms with E-state index in [0.717, 1.165) is 17.7 Å². The summed E-state index contributed by atoms with van der Waals surface area (Å²) in [6.07, 6.45) is 1.21. The fraction of sp³-hybridized carbons (Fsp3) is 0.647. The zero-order chi connectivity index (χ0) is 17.4. The fourth-order valence-electron chi connectivity index (χ4n) is 3.42. The molecule has 0 bridgehead atoms. The molecule has 1 aliphatic carbocycles. The number of amides is 1. The molecule has 1 aliphatic heterocycles. The van der Waals surface area contributed by atoms with E-state index in [0.29, 0.717) is 11.5 Å². The number of Topliss-reactive ketones (excluding diaryl/α,β-unsaturated/α-hetero) is 1. The first-order valence-electron chi connectivity index (χ1n) is 7.82. The summed E-state index contributed by atoms with van der Waals surface area (Å²) in [5.41, 5.74) is 6.62. The van der Waals surface area contributed by atoms with E-state index in [2.05, 4.69) is 24.9 Å². The maximum absolute atomic E-state index is 12.7. The summed E-state index contributed by atoms with van der Waals surface area (Å²) >= 11 is 1.22. The Balaban J connectivity index is 2.50. The first-order chi connectivity index (χ1) is 10.7. The molecule has 23 heavy (non-hydrogen) atoms. The highest BCUT2D eigenvalue weighted by Crippen LogP contribution is 2.47. The van der Waals surface area contributed by atoms with Crippen molar-refractivity contribution in [2.24, 2.45) is 33.9 Å². The molecule has 1 heterocycles. The molecule has 0 aromatic carbocycles. The highest BCUT2D eigenvalue weighted by atomic mass is 32.2. The highest BCUT2D eigenvalue weighted by molar-refractivity contribution is 8.14. The molecule has 0 aromatic rings. The number of carbonyl (C=O) groups is 2. The molecule has 2 N–H and O–H groups in total. The number of nitrogens with two attached hydrogens (primary N) is 1. The SMILES string of the molecule is CC(C)[C@@H]1C2=C(CC(C)(C)CC2=O)N=C(SCC(N)=O)C1C#N. The van der Waals surface area contributed by atoms with Gasteiger partial charge in [-0.15, -0.1) is 0 Å². The number of primary amides is 1. The lowest BCUT2D eigenvalue weighted by atomic mass is 9.67. The quantitative estimate of drug-likeness (QED) is 0.858. The number of rotatable bonds is 3. The number of hydrogen-bond acceptors (Lipinski definition) is 5. The minimum Gasteiger partial charge on any atom is -0.369 e. The van der Waals surface area contributed by atoms with Gasteiger partial charge in [0, 0.05) is 23.6 Å². The Labute approximate surface area is 141 Å². The van der Waals surface area contributed by atoms with Gasteiger partial charge in [0.2, 0.25) is 5.91 Å². The van der Waals surface area contributed by atoms with Crippen LogP contribution < -0.4 is 5.73 Å². The van der Waals surface area contributed by atoms with Crippen molar-refractivity contribution < 1.29 is 9.59 Å². The topological polar surface area (TPSA) is 96.3 Å². The summed E-state index contributed by atoms with van der Waals surface area (Å²) < 4.78 is 0. The number of nitriles is 1. The molecule has 2 atom stereocenters. The highest BCUT2D eigenvalue weighted by Gasteiger charge is 2.44. The zero-order valence-electron chi connectivity index (χ0n) is 14.0. The van der Waals surface area contributed by atoms with Gasteiger partial charge >= 0.3 is 0 Å². The number of aliphatic imine (C=N–C) groups is 1. The van der Waals surface area contributed by atoms with Crippen LogP contribution in [0.2, 0.25) is 0 Å². The molecule has 1 amide bonds. The van der Waals surface area contributed by atoms with E-state index in [1.165, 1.54) is 11.8 Å². The van der Waals surface area contributed by atoms with Gasteiger partial charge in [-0.3, -0.25) is 9.59 Å². The molecular formula is C17H23N3O2S. The molecule has 1 unspecified atom stereocenters. The Morgan fingerprint density at radius 3 is 2.65 bits per heavy atom. The van der Waals surface area contributed by atoms with E-state index in [-0.39, 0.29) is 28.8 Å². The molecule has 0 saturated carbocycles. The summed E-state index contributed by atoms with van der Waals surface area (Å²) in [6.45, 7) is 8.16. The van der Waals surface area contributed by atoms with E-state index >= 15 is 0 Å². The second-order valence-corrected chi connectivity index (χ2v) is 8.38. The van der Waals surface area contributed by atoms with Crippen LogP contribution in [0.4, 0.5) is 0 Å². The van der Waals surface area contributed by atoms with Crippen LogP contribution in [0.3, 0.4) is 0 Å². The zero-order valence-corrected chi connectivity index (χ0v) is 14.9. The molecule has 0 spiro atoms. The summed E-state index contributed by atoms with van der Waals surface area (Å²) in [6, 6.07) is 2.29. The van der Waals surface area contributed by atoms with Gasteiger partial charge in [-0.1, -0.05) is 39.5 Å². The van der Waals surface area contributed by atoms with Crippen LogP contribution in [-0.2, 0) is 9.59 Å². The largest absolute Gasteiger partial charge is 0.369 e. The van der Waals surface area contributed by atoms with Gasteiger partial charge in [0.1, 0.15) is 5.92 Å². The van der Waals surface area contributed by atoms with E-state index < -0.39 is 11.8 Å². The van der Waals surface area contributed by atoms with Crippen LogP contribution in [0.15, 0.2) is 16.3 Å². The smallest absolute Gasteiger partial charge is 0.227 e. The van der Waals surface area contributed by atoms with Gasteiger partial charge in [0.15, 0.2) is 5.78 Å². The second kappa shape index (κ2) is 6.48. The second-order valence-electron chi connectivity index (χ2n) is 7.38. The molecule has 2 aliphatic rings. The first-order valence-corrected chi connectivity index (χ1v) is 8.80. The van der Waals surface area contributed by atoms with E-state index in [9.17, 15) is 14.9 Å². The average Bonchev–Trinajstić information content (AvgIpc) is 2.41. The number of hydrogen-bond donors (Lipinski definition) is 1. The third kappa shape index (κ3) is 3.66. The van der Waals surface area contributed by atoms with Gasteiger partial charge in [-0.05, 0) is 17.8 Å². The van der Waals surface area contributed by atoms with Crippen LogP contribution in [-0.4, -0.2) is 22.5 Å². The Kier molecular flexibility index (Phi) is 5.00. The van der Waals surface area contributed by atoms with Crippen molar-refractivity contribution >= 4 is 28.5 Å². The van der Waals surface area contributed by atoms with Gasteiger partial charge in [0.05, 0.1) is 16.9 Å². The van der Waals surface area contributed by atoms with Gasteiger partial charge in [0.25, 0.3) is 0 Å². The Morgan fingerprint density at radius 2 is 2.13 bits per heavy atom. The Bertz CT molecular complexity index is 641. The van der Waals surface area contributed by atoms with Gasteiger partial charge in [-0.25, -0.2) is 4.99 Å². The van der Waals surface area contributed by atoms with Crippen LogP contribution in [0, 0.1) is 34.5 Å². The summed E-state index contributed by atoms with van der Waals surface area (Å²) in [4.78, 5) is 28.4. The third-order valence-corrected chi connectivity index (χ3v) is 5.39. The van der Waals surface area contributed by atoms with E-state index in [1.54, 1.807) is 0 Å². The maximum Gasteiger partial charge on any atom is 0.227 e. The molecule has 2 rings (SSSR count). The average molecular weight is 333 g/mol. The van der Waals surface area contributed by atoms with Gasteiger partial charge in [-0.2, -0.15) is 5.26 Å². The van der Waals surface area contributed by atoms with Crippen molar-refractivity contribution in [2.75, 3.05) is 5.75 Å². The van der Waals surface area contributed by atoms with Crippen molar-refractivity contribution in [1.29, 1.82) is 5.26 Å². The van der Waals surface area contributed by atoms with Crippen LogP contribution >= 0.6 is 11.8 Å². The van der Waals surface area contributed by atoms with E-state index in [1.807, 2.05) is 13.8 Å². The van der Waals surface area contributed by atoms with E-state index in [4.69, 9.17) is 5.73 Å². The normalized spacial score (nSPS) is 26.6. The monoisotopic (exact) mass is 333 g/mol. The fourth-order valence-corrected chi connectivity index (χ4v) is 4.27. The Hall–Kier alpha value is -1.61. The Morgan fingerprint density at radius 1 is 1.48 bits per heavy atom. The molecule has 0 radical (unpaired) electrons. The molecule has 124 valence electrons. The molecule has 0 aromatic heterocycles. The van der Waals surface area contributed by atoms with Crippen molar-refractivity contribution in [3.63, 3.8) is 0 Å². The van der Waals surface area contributed by atoms with Gasteiger partial charge < -0.3 is 5.73 Å². The van der Waals surface area contributed by atoms with Crippen LogP contribution in [0.1, 0.15) is 40.5 Å². The predicted molar refractivity (Wildman–Crippen MR) is 91.6 cm³/mol. The lowest BCUT2D eigenvalue weighted by Gasteiger charge is -2.39. The number of allylic oxidation sites excluding steroid dienone is 2. The lowest BCUT2D eigenvalue weighted by Crippen LogP contribution is -2.38. The number of carbonyl (C=O) groups excluding carboxylic acids is 2. The molecule has 0 saturated heterocycles. The van der Waals surface area contributed by atoms with Crippen LogP contribution in [0.25, 0.3) is 0 Å². The standard InChI is InChI=1S/C17H23N3O2S/c1-9(2)14-10(7-18)16(23-8-13(19)22)20-11-5-17(3,4)6-12(21)15(11)14/h9-10,14H,5-6,8H2,1-4H3,(H2,19,22)/t10?,14-/m0/s1. The third-order valence-electron chi connectivity index (χ3n) is 4.32. The summed E-state index contributed by atoms with van der Waals surface area (Å²) in [5, 5.41) is 10.3.